The fourth-order valence-electron chi connectivity index (χ4n) is 2.79. The van der Waals surface area contributed by atoms with Crippen molar-refractivity contribution in [3.05, 3.63) is 53.7 Å². The van der Waals surface area contributed by atoms with E-state index in [-0.39, 0.29) is 5.91 Å². The molecule has 0 saturated carbocycles. The lowest BCUT2D eigenvalue weighted by Crippen LogP contribution is -2.44. The van der Waals surface area contributed by atoms with Crippen molar-refractivity contribution < 1.29 is 9.53 Å². The van der Waals surface area contributed by atoms with Crippen LogP contribution in [0.1, 0.15) is 15.9 Å². The number of anilines is 1. The summed E-state index contributed by atoms with van der Waals surface area (Å²) in [5.41, 5.74) is 1.57. The minimum absolute atomic E-state index is 0.123. The smallest absolute Gasteiger partial charge is 0.251 e. The van der Waals surface area contributed by atoms with Gasteiger partial charge in [-0.1, -0.05) is 12.1 Å². The Balaban J connectivity index is 1.55. The van der Waals surface area contributed by atoms with E-state index in [1.165, 1.54) is 0 Å². The predicted molar refractivity (Wildman–Crippen MR) is 98.1 cm³/mol. The molecule has 3 rings (SSSR count). The van der Waals surface area contributed by atoms with Gasteiger partial charge in [0.25, 0.3) is 5.91 Å². The molecule has 1 aromatic carbocycles. The number of carbonyl (C=O) groups excluding carboxylic acids is 1. The number of likely N-dealkylation sites (N-methyl/N-ethyl adjacent to an activating group) is 1. The normalized spacial score (nSPS) is 15.0. The summed E-state index contributed by atoms with van der Waals surface area (Å²) in [5, 5.41) is 2.92. The van der Waals surface area contributed by atoms with Gasteiger partial charge in [-0.2, -0.15) is 0 Å². The summed E-state index contributed by atoms with van der Waals surface area (Å²) >= 11 is 0. The van der Waals surface area contributed by atoms with Crippen LogP contribution < -0.4 is 15.0 Å². The molecule has 1 amide bonds. The molecule has 6 heteroatoms. The summed E-state index contributed by atoms with van der Waals surface area (Å²) in [6.07, 6.45) is 1.83. The van der Waals surface area contributed by atoms with Crippen LogP contribution in [0.15, 0.2) is 42.6 Å². The molecule has 1 N–H and O–H groups in total. The lowest BCUT2D eigenvalue weighted by atomic mass is 10.2. The highest BCUT2D eigenvalue weighted by Gasteiger charge is 2.15. The zero-order valence-electron chi connectivity index (χ0n) is 14.7. The Bertz CT molecular complexity index is 710. The number of nitrogens with zero attached hydrogens (tertiary/aromatic N) is 3. The Kier molecular flexibility index (Phi) is 5.50. The number of piperazine rings is 1. The van der Waals surface area contributed by atoms with Crippen LogP contribution in [0.3, 0.4) is 0 Å². The molecule has 1 aromatic heterocycles. The number of carbonyl (C=O) groups is 1. The van der Waals surface area contributed by atoms with Gasteiger partial charge in [0.15, 0.2) is 0 Å². The van der Waals surface area contributed by atoms with Crippen molar-refractivity contribution in [3.63, 3.8) is 0 Å². The van der Waals surface area contributed by atoms with Crippen molar-refractivity contribution in [3.8, 4) is 5.75 Å². The van der Waals surface area contributed by atoms with Gasteiger partial charge in [0.05, 0.1) is 7.11 Å². The van der Waals surface area contributed by atoms with Crippen molar-refractivity contribution in [1.29, 1.82) is 0 Å². The molecule has 0 atom stereocenters. The molecule has 1 fully saturated rings. The Hall–Kier alpha value is -2.60. The molecule has 0 aliphatic carbocycles. The molecular formula is C19H24N4O2. The molecular weight excluding hydrogens is 316 g/mol. The summed E-state index contributed by atoms with van der Waals surface area (Å²) in [6, 6.07) is 11.2. The van der Waals surface area contributed by atoms with Gasteiger partial charge in [-0.25, -0.2) is 4.98 Å². The van der Waals surface area contributed by atoms with E-state index in [4.69, 9.17) is 4.74 Å². The van der Waals surface area contributed by atoms with Gasteiger partial charge in [-0.05, 0) is 36.9 Å². The van der Waals surface area contributed by atoms with Gasteiger partial charge in [-0.15, -0.1) is 0 Å². The molecule has 1 aliphatic rings. The monoisotopic (exact) mass is 340 g/mol. The number of rotatable bonds is 5. The molecule has 1 saturated heterocycles. The van der Waals surface area contributed by atoms with E-state index in [9.17, 15) is 4.79 Å². The summed E-state index contributed by atoms with van der Waals surface area (Å²) in [6.45, 7) is 4.55. The number of methoxy groups -OCH3 is 1. The molecule has 0 spiro atoms. The number of amides is 1. The molecule has 0 bridgehead atoms. The van der Waals surface area contributed by atoms with E-state index in [0.717, 1.165) is 37.6 Å². The van der Waals surface area contributed by atoms with Crippen molar-refractivity contribution in [2.45, 2.75) is 6.54 Å². The molecule has 25 heavy (non-hydrogen) atoms. The zero-order chi connectivity index (χ0) is 17.6. The topological polar surface area (TPSA) is 57.7 Å². The second-order valence-corrected chi connectivity index (χ2v) is 6.23. The van der Waals surface area contributed by atoms with Gasteiger partial charge in [0.1, 0.15) is 11.6 Å². The first-order valence-electron chi connectivity index (χ1n) is 8.46. The van der Waals surface area contributed by atoms with E-state index in [1.54, 1.807) is 25.3 Å². The molecule has 132 valence electrons. The van der Waals surface area contributed by atoms with Crippen LogP contribution in [0.2, 0.25) is 0 Å². The largest absolute Gasteiger partial charge is 0.497 e. The molecule has 2 heterocycles. The number of pyridine rings is 1. The van der Waals surface area contributed by atoms with Crippen LogP contribution in [0.5, 0.6) is 5.75 Å². The van der Waals surface area contributed by atoms with Crippen LogP contribution in [0.25, 0.3) is 0 Å². The van der Waals surface area contributed by atoms with Crippen molar-refractivity contribution >= 4 is 11.7 Å². The number of hydrogen-bond acceptors (Lipinski definition) is 5. The highest BCUT2D eigenvalue weighted by molar-refractivity contribution is 5.94. The Morgan fingerprint density at radius 1 is 1.20 bits per heavy atom. The molecule has 0 radical (unpaired) electrons. The van der Waals surface area contributed by atoms with Gasteiger partial charge >= 0.3 is 0 Å². The highest BCUT2D eigenvalue weighted by atomic mass is 16.5. The van der Waals surface area contributed by atoms with Crippen molar-refractivity contribution in [2.75, 3.05) is 45.2 Å². The van der Waals surface area contributed by atoms with Crippen LogP contribution in [-0.4, -0.2) is 56.1 Å². The number of aromatic nitrogens is 1. The van der Waals surface area contributed by atoms with Gasteiger partial charge in [-0.3, -0.25) is 4.79 Å². The van der Waals surface area contributed by atoms with Gasteiger partial charge in [0, 0.05) is 44.5 Å². The quantitative estimate of drug-likeness (QED) is 0.899. The fraction of sp³-hybridized carbons (Fsp3) is 0.368. The van der Waals surface area contributed by atoms with Crippen molar-refractivity contribution in [2.24, 2.45) is 0 Å². The van der Waals surface area contributed by atoms with Crippen LogP contribution >= 0.6 is 0 Å². The first-order chi connectivity index (χ1) is 12.2. The second-order valence-electron chi connectivity index (χ2n) is 6.23. The number of hydrogen-bond donors (Lipinski definition) is 1. The van der Waals surface area contributed by atoms with E-state index in [0.29, 0.717) is 17.9 Å². The molecule has 2 aromatic rings. The van der Waals surface area contributed by atoms with Gasteiger partial charge < -0.3 is 19.9 Å². The highest BCUT2D eigenvalue weighted by Crippen LogP contribution is 2.14. The predicted octanol–water partition coefficient (Wildman–Crippen LogP) is 1.77. The summed E-state index contributed by atoms with van der Waals surface area (Å²) < 4.78 is 5.15. The number of ether oxygens (including phenoxy) is 1. The molecule has 0 unspecified atom stereocenters. The summed E-state index contributed by atoms with van der Waals surface area (Å²) in [7, 11) is 3.73. The van der Waals surface area contributed by atoms with E-state index < -0.39 is 0 Å². The second kappa shape index (κ2) is 7.98. The van der Waals surface area contributed by atoms with Crippen molar-refractivity contribution in [1.82, 2.24) is 15.2 Å². The average molecular weight is 340 g/mol. The number of nitrogens with one attached hydrogen (secondary N) is 1. The fourth-order valence-corrected chi connectivity index (χ4v) is 2.79. The van der Waals surface area contributed by atoms with E-state index >= 15 is 0 Å². The minimum atomic E-state index is -0.123. The summed E-state index contributed by atoms with van der Waals surface area (Å²) in [5.74, 6) is 1.55. The minimum Gasteiger partial charge on any atom is -0.497 e. The third-order valence-corrected chi connectivity index (χ3v) is 4.42. The lowest BCUT2D eigenvalue weighted by molar-refractivity contribution is 0.0950. The summed E-state index contributed by atoms with van der Waals surface area (Å²) in [4.78, 5) is 21.4. The number of benzene rings is 1. The Labute approximate surface area is 148 Å². The van der Waals surface area contributed by atoms with E-state index in [1.807, 2.05) is 24.4 Å². The van der Waals surface area contributed by atoms with Gasteiger partial charge in [0.2, 0.25) is 0 Å². The first kappa shape index (κ1) is 17.2. The van der Waals surface area contributed by atoms with Crippen LogP contribution in [-0.2, 0) is 6.54 Å². The lowest BCUT2D eigenvalue weighted by Gasteiger charge is -2.33. The average Bonchev–Trinajstić information content (AvgIpc) is 2.67. The first-order valence-corrected chi connectivity index (χ1v) is 8.46. The Morgan fingerprint density at radius 2 is 2.00 bits per heavy atom. The maximum absolute atomic E-state index is 12.2. The molecule has 1 aliphatic heterocycles. The maximum Gasteiger partial charge on any atom is 0.251 e. The third kappa shape index (κ3) is 4.48. The third-order valence-electron chi connectivity index (χ3n) is 4.42. The standard InChI is InChI=1S/C19H24N4O2/c1-22-8-10-23(11-9-22)18-7-6-15(13-20-18)14-21-19(24)16-4-3-5-17(12-16)25-2/h3-7,12-13H,8-11,14H2,1-2H3,(H,21,24). The van der Waals surface area contributed by atoms with Crippen LogP contribution in [0, 0.1) is 0 Å². The van der Waals surface area contributed by atoms with E-state index in [2.05, 4.69) is 27.1 Å². The maximum atomic E-state index is 12.2. The zero-order valence-corrected chi connectivity index (χ0v) is 14.7. The Morgan fingerprint density at radius 3 is 2.68 bits per heavy atom. The molecule has 6 nitrogen and oxygen atoms in total. The van der Waals surface area contributed by atoms with Crippen LogP contribution in [0.4, 0.5) is 5.82 Å². The SMILES string of the molecule is COc1cccc(C(=O)NCc2ccc(N3CCN(C)CC3)nc2)c1.